The van der Waals surface area contributed by atoms with Gasteiger partial charge in [0.2, 0.25) is 0 Å². The first kappa shape index (κ1) is 16.4. The van der Waals surface area contributed by atoms with E-state index in [9.17, 15) is 8.42 Å². The third-order valence-electron chi connectivity index (χ3n) is 3.54. The summed E-state index contributed by atoms with van der Waals surface area (Å²) in [6, 6.07) is 0. The van der Waals surface area contributed by atoms with E-state index in [0.29, 0.717) is 17.8 Å². The van der Waals surface area contributed by atoms with Crippen molar-refractivity contribution in [2.45, 2.75) is 24.9 Å². The van der Waals surface area contributed by atoms with Crippen LogP contribution in [-0.2, 0) is 21.3 Å². The van der Waals surface area contributed by atoms with Crippen molar-refractivity contribution >= 4 is 10.0 Å². The number of aromatic amines is 1. The van der Waals surface area contributed by atoms with E-state index < -0.39 is 10.0 Å². The van der Waals surface area contributed by atoms with Crippen LogP contribution in [0.15, 0.2) is 5.03 Å². The number of nitrogens with one attached hydrogen (secondary N) is 2. The van der Waals surface area contributed by atoms with Crippen LogP contribution in [0.1, 0.15) is 17.7 Å². The molecule has 0 aliphatic carbocycles. The van der Waals surface area contributed by atoms with Crippen LogP contribution in [-0.4, -0.2) is 62.9 Å². The lowest BCUT2D eigenvalue weighted by Gasteiger charge is -2.26. The summed E-state index contributed by atoms with van der Waals surface area (Å²) in [5, 5.41) is 6.52. The number of rotatable bonds is 7. The van der Waals surface area contributed by atoms with Gasteiger partial charge in [-0.2, -0.15) is 5.10 Å². The van der Waals surface area contributed by atoms with Crippen LogP contribution >= 0.6 is 0 Å². The molecule has 120 valence electrons. The molecule has 2 rings (SSSR count). The van der Waals surface area contributed by atoms with Crippen molar-refractivity contribution in [2.75, 3.05) is 39.4 Å². The van der Waals surface area contributed by atoms with Crippen LogP contribution in [0.25, 0.3) is 0 Å². The molecular formula is C12H23N5O3S. The van der Waals surface area contributed by atoms with Crippen molar-refractivity contribution < 1.29 is 13.2 Å². The number of hydrogen-bond donors (Lipinski definition) is 3. The van der Waals surface area contributed by atoms with Crippen molar-refractivity contribution in [3.8, 4) is 0 Å². The molecule has 0 radical (unpaired) electrons. The van der Waals surface area contributed by atoms with Gasteiger partial charge in [-0.15, -0.1) is 0 Å². The fourth-order valence-electron chi connectivity index (χ4n) is 2.29. The fraction of sp³-hybridized carbons (Fsp3) is 0.750. The predicted octanol–water partition coefficient (Wildman–Crippen LogP) is -0.823. The molecule has 0 aromatic carbocycles. The highest BCUT2D eigenvalue weighted by Gasteiger charge is 2.22. The summed E-state index contributed by atoms with van der Waals surface area (Å²) < 4.78 is 32.2. The Labute approximate surface area is 125 Å². The Morgan fingerprint density at radius 1 is 1.43 bits per heavy atom. The van der Waals surface area contributed by atoms with Gasteiger partial charge in [-0.1, -0.05) is 0 Å². The summed E-state index contributed by atoms with van der Waals surface area (Å²) in [5.74, 6) is 0. The number of nitrogens with two attached hydrogens (primary N) is 1. The lowest BCUT2D eigenvalue weighted by Crippen LogP contribution is -2.38. The minimum atomic E-state index is -3.60. The molecule has 0 saturated carbocycles. The van der Waals surface area contributed by atoms with Crippen LogP contribution in [0.2, 0.25) is 0 Å². The van der Waals surface area contributed by atoms with Crippen molar-refractivity contribution in [3.05, 3.63) is 11.3 Å². The number of ether oxygens (including phenoxy) is 1. The van der Waals surface area contributed by atoms with Gasteiger partial charge in [0.1, 0.15) is 0 Å². The predicted molar refractivity (Wildman–Crippen MR) is 78.3 cm³/mol. The Morgan fingerprint density at radius 2 is 2.14 bits per heavy atom. The zero-order valence-corrected chi connectivity index (χ0v) is 13.1. The molecule has 9 heteroatoms. The second kappa shape index (κ2) is 7.32. The van der Waals surface area contributed by atoms with E-state index in [0.717, 1.165) is 39.3 Å². The van der Waals surface area contributed by atoms with Crippen molar-refractivity contribution in [1.29, 1.82) is 0 Å². The number of nitrogens with zero attached hydrogens (tertiary/aromatic N) is 2. The Bertz CT molecular complexity index is 551. The molecule has 1 saturated heterocycles. The van der Waals surface area contributed by atoms with Gasteiger partial charge in [0.05, 0.1) is 13.2 Å². The molecule has 1 aliphatic heterocycles. The molecule has 1 aromatic rings. The molecule has 0 amide bonds. The monoisotopic (exact) mass is 317 g/mol. The van der Waals surface area contributed by atoms with Crippen LogP contribution in [0.4, 0.5) is 0 Å². The lowest BCUT2D eigenvalue weighted by molar-refractivity contribution is 0.0376. The number of hydrogen-bond acceptors (Lipinski definition) is 6. The Kier molecular flexibility index (Phi) is 5.71. The van der Waals surface area contributed by atoms with Crippen molar-refractivity contribution in [1.82, 2.24) is 19.8 Å². The Hall–Kier alpha value is -1.00. The highest BCUT2D eigenvalue weighted by atomic mass is 32.2. The van der Waals surface area contributed by atoms with Gasteiger partial charge in [0, 0.05) is 37.4 Å². The third kappa shape index (κ3) is 4.24. The molecule has 1 aliphatic rings. The Morgan fingerprint density at radius 3 is 2.81 bits per heavy atom. The molecule has 4 N–H and O–H groups in total. The topological polar surface area (TPSA) is 113 Å². The molecule has 0 unspecified atom stereocenters. The van der Waals surface area contributed by atoms with Gasteiger partial charge in [-0.25, -0.2) is 13.1 Å². The summed E-state index contributed by atoms with van der Waals surface area (Å²) in [6.45, 7) is 6.45. The van der Waals surface area contributed by atoms with E-state index in [1.54, 1.807) is 6.92 Å². The third-order valence-corrected chi connectivity index (χ3v) is 4.97. The summed E-state index contributed by atoms with van der Waals surface area (Å²) in [6.07, 6.45) is 0.751. The normalized spacial score (nSPS) is 17.2. The van der Waals surface area contributed by atoms with E-state index in [4.69, 9.17) is 10.5 Å². The summed E-state index contributed by atoms with van der Waals surface area (Å²) in [7, 11) is -3.60. The van der Waals surface area contributed by atoms with Gasteiger partial charge in [-0.05, 0) is 19.9 Å². The first-order valence-electron chi connectivity index (χ1n) is 7.08. The summed E-state index contributed by atoms with van der Waals surface area (Å²) >= 11 is 0. The van der Waals surface area contributed by atoms with Gasteiger partial charge in [0.25, 0.3) is 10.0 Å². The minimum absolute atomic E-state index is 0.00822. The number of morpholine rings is 1. The molecule has 8 nitrogen and oxygen atoms in total. The van der Waals surface area contributed by atoms with Gasteiger partial charge < -0.3 is 10.5 Å². The minimum Gasteiger partial charge on any atom is -0.379 e. The highest BCUT2D eigenvalue weighted by molar-refractivity contribution is 7.89. The quantitative estimate of drug-likeness (QED) is 0.566. The van der Waals surface area contributed by atoms with E-state index in [1.807, 2.05) is 0 Å². The summed E-state index contributed by atoms with van der Waals surface area (Å²) in [4.78, 5) is 2.27. The SMILES string of the molecule is Cc1[nH]nc(S(=O)(=O)NCCCN2CCOCC2)c1CN. The molecule has 1 aromatic heterocycles. The molecule has 1 fully saturated rings. The van der Waals surface area contributed by atoms with Crippen LogP contribution in [0, 0.1) is 6.92 Å². The zero-order chi connectivity index (χ0) is 15.3. The van der Waals surface area contributed by atoms with E-state index >= 15 is 0 Å². The van der Waals surface area contributed by atoms with E-state index in [1.165, 1.54) is 0 Å². The lowest BCUT2D eigenvalue weighted by atomic mass is 10.3. The number of aryl methyl sites for hydroxylation is 1. The molecule has 21 heavy (non-hydrogen) atoms. The summed E-state index contributed by atoms with van der Waals surface area (Å²) in [5.41, 5.74) is 6.80. The van der Waals surface area contributed by atoms with Gasteiger partial charge in [-0.3, -0.25) is 10.00 Å². The maximum absolute atomic E-state index is 12.2. The number of aromatic nitrogens is 2. The molecule has 2 heterocycles. The van der Waals surface area contributed by atoms with Crippen LogP contribution in [0.5, 0.6) is 0 Å². The van der Waals surface area contributed by atoms with E-state index in [2.05, 4.69) is 19.8 Å². The zero-order valence-electron chi connectivity index (χ0n) is 12.3. The van der Waals surface area contributed by atoms with Crippen LogP contribution in [0.3, 0.4) is 0 Å². The Balaban J connectivity index is 1.83. The van der Waals surface area contributed by atoms with Crippen molar-refractivity contribution in [2.24, 2.45) is 5.73 Å². The molecule has 0 spiro atoms. The first-order chi connectivity index (χ1) is 10.0. The number of H-pyrrole nitrogens is 1. The smallest absolute Gasteiger partial charge is 0.260 e. The average molecular weight is 317 g/mol. The standard InChI is InChI=1S/C12H23N5O3S/c1-10-11(9-13)12(16-15-10)21(18,19)14-3-2-4-17-5-7-20-8-6-17/h14H,2-9,13H2,1H3,(H,15,16). The van der Waals surface area contributed by atoms with Gasteiger partial charge >= 0.3 is 0 Å². The van der Waals surface area contributed by atoms with E-state index in [-0.39, 0.29) is 11.6 Å². The number of sulfonamides is 1. The molecule has 0 bridgehead atoms. The second-order valence-corrected chi connectivity index (χ2v) is 6.72. The van der Waals surface area contributed by atoms with Crippen molar-refractivity contribution in [3.63, 3.8) is 0 Å². The first-order valence-corrected chi connectivity index (χ1v) is 8.56. The highest BCUT2D eigenvalue weighted by Crippen LogP contribution is 2.15. The average Bonchev–Trinajstić information content (AvgIpc) is 2.86. The fourth-order valence-corrected chi connectivity index (χ4v) is 3.57. The largest absolute Gasteiger partial charge is 0.379 e. The maximum atomic E-state index is 12.2. The molecule has 0 atom stereocenters. The van der Waals surface area contributed by atoms with Crippen LogP contribution < -0.4 is 10.5 Å². The van der Waals surface area contributed by atoms with Gasteiger partial charge in [0.15, 0.2) is 5.03 Å². The molecular weight excluding hydrogens is 294 g/mol. The second-order valence-electron chi connectivity index (χ2n) is 5.04. The maximum Gasteiger partial charge on any atom is 0.260 e.